The Labute approximate surface area is 121 Å². The van der Waals surface area contributed by atoms with Crippen LogP contribution < -0.4 is 15.4 Å². The minimum atomic E-state index is 0.329. The van der Waals surface area contributed by atoms with E-state index in [-0.39, 0.29) is 0 Å². The first-order valence-electron chi connectivity index (χ1n) is 6.56. The monoisotopic (exact) mass is 294 g/mol. The van der Waals surface area contributed by atoms with Gasteiger partial charge in [0.1, 0.15) is 0 Å². The van der Waals surface area contributed by atoms with Gasteiger partial charge in [-0.1, -0.05) is 0 Å². The van der Waals surface area contributed by atoms with Crippen LogP contribution in [0.2, 0.25) is 0 Å². The van der Waals surface area contributed by atoms with E-state index in [2.05, 4.69) is 30.6 Å². The van der Waals surface area contributed by atoms with Crippen molar-refractivity contribution in [2.24, 2.45) is 0 Å². The lowest BCUT2D eigenvalue weighted by molar-refractivity contribution is 0.312. The number of ether oxygens (including phenoxy) is 1. The summed E-state index contributed by atoms with van der Waals surface area (Å²) in [6, 6.07) is 0.329. The third-order valence-corrected chi connectivity index (χ3v) is 3.17. The lowest BCUT2D eigenvalue weighted by Gasteiger charge is -2.08. The van der Waals surface area contributed by atoms with E-state index in [0.29, 0.717) is 31.1 Å². The molecule has 2 rings (SSSR count). The average molecular weight is 294 g/mol. The lowest BCUT2D eigenvalue weighted by atomic mass is 10.4. The highest BCUT2D eigenvalue weighted by Gasteiger charge is 2.06. The summed E-state index contributed by atoms with van der Waals surface area (Å²) in [4.78, 5) is 16.9. The fourth-order valence-corrected chi connectivity index (χ4v) is 2.14. The first-order valence-corrected chi connectivity index (χ1v) is 7.44. The number of nitrogens with zero attached hydrogens (tertiary/aromatic N) is 4. The summed E-state index contributed by atoms with van der Waals surface area (Å²) >= 11 is 1.64. The molecule has 2 N–H and O–H groups in total. The van der Waals surface area contributed by atoms with E-state index in [0.717, 1.165) is 18.0 Å². The summed E-state index contributed by atoms with van der Waals surface area (Å²) in [6.45, 7) is 5.86. The second-order valence-corrected chi connectivity index (χ2v) is 4.81. The number of anilines is 2. The van der Waals surface area contributed by atoms with Crippen molar-refractivity contribution in [1.82, 2.24) is 19.9 Å². The molecular weight excluding hydrogens is 276 g/mol. The topological polar surface area (TPSA) is 84.9 Å². The Hall–Kier alpha value is -1.96. The van der Waals surface area contributed by atoms with E-state index in [1.807, 2.05) is 19.2 Å². The number of hydrogen-bond donors (Lipinski definition) is 2. The van der Waals surface area contributed by atoms with Gasteiger partial charge in [-0.3, -0.25) is 0 Å². The minimum Gasteiger partial charge on any atom is -0.464 e. The molecule has 0 spiro atoms. The predicted molar refractivity (Wildman–Crippen MR) is 79.5 cm³/mol. The smallest absolute Gasteiger partial charge is 0.323 e. The molecule has 0 fully saturated rings. The molecule has 0 aliphatic carbocycles. The second kappa shape index (κ2) is 7.59. The SMILES string of the molecule is CCNc1nc(NCCc2nccs2)nc(OCC)n1. The Morgan fingerprint density at radius 3 is 2.60 bits per heavy atom. The summed E-state index contributed by atoms with van der Waals surface area (Å²) in [7, 11) is 0. The molecule has 0 aliphatic rings. The van der Waals surface area contributed by atoms with Gasteiger partial charge in [0.25, 0.3) is 0 Å². The van der Waals surface area contributed by atoms with Crippen LogP contribution in [0.25, 0.3) is 0 Å². The predicted octanol–water partition coefficient (Wildman–Crippen LogP) is 1.81. The molecule has 0 atom stereocenters. The maximum absolute atomic E-state index is 5.33. The van der Waals surface area contributed by atoms with Crippen molar-refractivity contribution >= 4 is 23.2 Å². The summed E-state index contributed by atoms with van der Waals surface area (Å²) in [5, 5.41) is 9.28. The Balaban J connectivity index is 1.97. The molecule has 108 valence electrons. The largest absolute Gasteiger partial charge is 0.464 e. The average Bonchev–Trinajstić information content (AvgIpc) is 2.92. The Morgan fingerprint density at radius 2 is 1.95 bits per heavy atom. The quantitative estimate of drug-likeness (QED) is 0.768. The van der Waals surface area contributed by atoms with Gasteiger partial charge in [-0.2, -0.15) is 15.0 Å². The van der Waals surface area contributed by atoms with Crippen molar-refractivity contribution in [3.05, 3.63) is 16.6 Å². The normalized spacial score (nSPS) is 10.3. The number of nitrogens with one attached hydrogen (secondary N) is 2. The Kier molecular flexibility index (Phi) is 5.48. The van der Waals surface area contributed by atoms with Crippen LogP contribution in [0.3, 0.4) is 0 Å². The van der Waals surface area contributed by atoms with Crippen LogP contribution >= 0.6 is 11.3 Å². The third kappa shape index (κ3) is 4.30. The molecule has 0 unspecified atom stereocenters. The van der Waals surface area contributed by atoms with Crippen LogP contribution in [-0.2, 0) is 6.42 Å². The van der Waals surface area contributed by atoms with Gasteiger partial charge in [0.05, 0.1) is 11.6 Å². The van der Waals surface area contributed by atoms with E-state index in [1.54, 1.807) is 17.5 Å². The molecule has 8 heteroatoms. The first-order chi connectivity index (χ1) is 9.81. The van der Waals surface area contributed by atoms with Gasteiger partial charge in [0.15, 0.2) is 0 Å². The van der Waals surface area contributed by atoms with Crippen molar-refractivity contribution in [2.45, 2.75) is 20.3 Å². The van der Waals surface area contributed by atoms with Gasteiger partial charge in [0.2, 0.25) is 11.9 Å². The van der Waals surface area contributed by atoms with Crippen molar-refractivity contribution in [1.29, 1.82) is 0 Å². The molecule has 0 aromatic carbocycles. The molecule has 7 nitrogen and oxygen atoms in total. The Bertz CT molecular complexity index is 494. The van der Waals surface area contributed by atoms with E-state index in [1.165, 1.54) is 0 Å². The van der Waals surface area contributed by atoms with Gasteiger partial charge in [-0.05, 0) is 13.8 Å². The number of aromatic nitrogens is 4. The van der Waals surface area contributed by atoms with Gasteiger partial charge in [0, 0.05) is 31.1 Å². The number of thiazole rings is 1. The molecule has 0 saturated carbocycles. The third-order valence-electron chi connectivity index (χ3n) is 2.33. The van der Waals surface area contributed by atoms with Crippen molar-refractivity contribution in [2.75, 3.05) is 30.3 Å². The zero-order valence-corrected chi connectivity index (χ0v) is 12.4. The van der Waals surface area contributed by atoms with Crippen LogP contribution in [0.1, 0.15) is 18.9 Å². The molecule has 20 heavy (non-hydrogen) atoms. The van der Waals surface area contributed by atoms with Gasteiger partial charge in [-0.15, -0.1) is 11.3 Å². The highest BCUT2D eigenvalue weighted by atomic mass is 32.1. The minimum absolute atomic E-state index is 0.329. The van der Waals surface area contributed by atoms with Gasteiger partial charge >= 0.3 is 6.01 Å². The molecule has 0 amide bonds. The van der Waals surface area contributed by atoms with Gasteiger partial charge < -0.3 is 15.4 Å². The van der Waals surface area contributed by atoms with Gasteiger partial charge in [-0.25, -0.2) is 4.98 Å². The fraction of sp³-hybridized carbons (Fsp3) is 0.500. The lowest BCUT2D eigenvalue weighted by Crippen LogP contribution is -2.12. The zero-order valence-electron chi connectivity index (χ0n) is 11.6. The van der Waals surface area contributed by atoms with Crippen LogP contribution in [-0.4, -0.2) is 39.6 Å². The highest BCUT2D eigenvalue weighted by molar-refractivity contribution is 7.09. The maximum Gasteiger partial charge on any atom is 0.323 e. The summed E-state index contributed by atoms with van der Waals surface area (Å²) < 4.78 is 5.33. The number of hydrogen-bond acceptors (Lipinski definition) is 8. The summed E-state index contributed by atoms with van der Waals surface area (Å²) in [5.41, 5.74) is 0. The molecule has 0 bridgehead atoms. The molecule has 2 heterocycles. The molecule has 0 radical (unpaired) electrons. The maximum atomic E-state index is 5.33. The Morgan fingerprint density at radius 1 is 1.15 bits per heavy atom. The zero-order chi connectivity index (χ0) is 14.2. The van der Waals surface area contributed by atoms with Crippen molar-refractivity contribution < 1.29 is 4.74 Å². The molecule has 2 aromatic heterocycles. The van der Waals surface area contributed by atoms with Crippen LogP contribution in [0.5, 0.6) is 6.01 Å². The summed E-state index contributed by atoms with van der Waals surface area (Å²) in [6.07, 6.45) is 2.64. The first kappa shape index (κ1) is 14.4. The second-order valence-electron chi connectivity index (χ2n) is 3.83. The van der Waals surface area contributed by atoms with E-state index >= 15 is 0 Å². The van der Waals surface area contributed by atoms with Crippen LogP contribution in [0.4, 0.5) is 11.9 Å². The van der Waals surface area contributed by atoms with Crippen molar-refractivity contribution in [3.63, 3.8) is 0 Å². The van der Waals surface area contributed by atoms with E-state index in [4.69, 9.17) is 4.74 Å². The van der Waals surface area contributed by atoms with E-state index in [9.17, 15) is 0 Å². The molecular formula is C12H18N6OS. The number of rotatable bonds is 8. The summed E-state index contributed by atoms with van der Waals surface area (Å²) in [5.74, 6) is 1.03. The van der Waals surface area contributed by atoms with E-state index < -0.39 is 0 Å². The molecule has 0 saturated heterocycles. The molecule has 2 aromatic rings. The fourth-order valence-electron chi connectivity index (χ4n) is 1.52. The highest BCUT2D eigenvalue weighted by Crippen LogP contribution is 2.11. The standard InChI is InChI=1S/C12H18N6OS/c1-3-13-10-16-11(18-12(17-10)19-4-2)15-6-5-9-14-7-8-20-9/h7-8H,3-6H2,1-2H3,(H2,13,15,16,17,18). The molecule has 0 aliphatic heterocycles. The van der Waals surface area contributed by atoms with Crippen LogP contribution in [0.15, 0.2) is 11.6 Å². The van der Waals surface area contributed by atoms with Crippen LogP contribution in [0, 0.1) is 0 Å². The van der Waals surface area contributed by atoms with Crippen molar-refractivity contribution in [3.8, 4) is 6.01 Å².